The Kier molecular flexibility index (Phi) is 8.36. The molecule has 0 saturated heterocycles. The molecular weight excluding hydrogens is 436 g/mol. The average molecular weight is 475 g/mol. The number of sulfonamides is 1. The molecule has 0 spiro atoms. The lowest BCUT2D eigenvalue weighted by Gasteiger charge is -2.28. The topological polar surface area (TPSA) is 95.5 Å². The number of benzene rings is 2. The molecule has 0 aliphatic heterocycles. The standard InChI is InChI=1S/C26H38N2O4S/c1-25(2,3)21-14-18(15-22(24(21)30)26(4,5)6)12-13-23(29)28-16-19-10-8-9-11-20(19)17-33(31,32)27-7/h8-11,14-15,27,30H,12-13,16-17H2,1-7H3,(H,28,29). The fraction of sp³-hybridized carbons (Fsp3) is 0.500. The molecule has 1 amide bonds. The summed E-state index contributed by atoms with van der Waals surface area (Å²) >= 11 is 0. The highest BCUT2D eigenvalue weighted by Crippen LogP contribution is 2.40. The Morgan fingerprint density at radius 3 is 1.94 bits per heavy atom. The summed E-state index contributed by atoms with van der Waals surface area (Å²) in [6, 6.07) is 11.2. The number of hydrogen-bond acceptors (Lipinski definition) is 4. The predicted octanol–water partition coefficient (Wildman–Crippen LogP) is 4.29. The summed E-state index contributed by atoms with van der Waals surface area (Å²) in [6.07, 6.45) is 0.850. The van der Waals surface area contributed by atoms with E-state index in [1.165, 1.54) is 7.05 Å². The number of hydrogen-bond donors (Lipinski definition) is 3. The highest BCUT2D eigenvalue weighted by molar-refractivity contribution is 7.88. The van der Waals surface area contributed by atoms with E-state index in [0.29, 0.717) is 24.2 Å². The van der Waals surface area contributed by atoms with E-state index in [9.17, 15) is 18.3 Å². The Labute approximate surface area is 198 Å². The second-order valence-electron chi connectivity index (χ2n) is 10.5. The molecule has 3 N–H and O–H groups in total. The molecule has 0 fully saturated rings. The molecular formula is C26H38N2O4S. The Bertz CT molecular complexity index is 1060. The van der Waals surface area contributed by atoms with E-state index in [4.69, 9.17) is 0 Å². The second kappa shape index (κ2) is 10.3. The molecule has 0 atom stereocenters. The zero-order chi connectivity index (χ0) is 25.0. The third-order valence-electron chi connectivity index (χ3n) is 5.68. The quantitative estimate of drug-likeness (QED) is 0.532. The van der Waals surface area contributed by atoms with Crippen LogP contribution < -0.4 is 10.0 Å². The van der Waals surface area contributed by atoms with Crippen LogP contribution in [0.5, 0.6) is 5.75 Å². The molecule has 0 radical (unpaired) electrons. The van der Waals surface area contributed by atoms with Crippen LogP contribution in [-0.2, 0) is 44.4 Å². The number of nitrogens with one attached hydrogen (secondary N) is 2. The number of amides is 1. The first-order chi connectivity index (χ1) is 15.1. The van der Waals surface area contributed by atoms with Gasteiger partial charge in [-0.2, -0.15) is 0 Å². The summed E-state index contributed by atoms with van der Waals surface area (Å²) in [5.41, 5.74) is 3.77. The van der Waals surface area contributed by atoms with E-state index in [0.717, 1.165) is 22.3 Å². The minimum atomic E-state index is -3.40. The van der Waals surface area contributed by atoms with Gasteiger partial charge in [0.25, 0.3) is 0 Å². The average Bonchev–Trinajstić information content (AvgIpc) is 2.70. The van der Waals surface area contributed by atoms with Crippen LogP contribution in [0.2, 0.25) is 0 Å². The molecule has 2 aromatic rings. The van der Waals surface area contributed by atoms with Crippen LogP contribution in [0.15, 0.2) is 36.4 Å². The normalized spacial score (nSPS) is 12.6. The van der Waals surface area contributed by atoms with E-state index >= 15 is 0 Å². The lowest BCUT2D eigenvalue weighted by atomic mass is 9.78. The first-order valence-electron chi connectivity index (χ1n) is 11.3. The van der Waals surface area contributed by atoms with Crippen molar-refractivity contribution in [2.75, 3.05) is 7.05 Å². The van der Waals surface area contributed by atoms with Crippen molar-refractivity contribution in [2.45, 2.75) is 77.5 Å². The fourth-order valence-electron chi connectivity index (χ4n) is 3.67. The molecule has 2 rings (SSSR count). The summed E-state index contributed by atoms with van der Waals surface area (Å²) in [5.74, 6) is 0.0918. The minimum Gasteiger partial charge on any atom is -0.507 e. The highest BCUT2D eigenvalue weighted by Gasteiger charge is 2.26. The lowest BCUT2D eigenvalue weighted by molar-refractivity contribution is -0.121. The second-order valence-corrected chi connectivity index (χ2v) is 12.5. The first kappa shape index (κ1) is 26.9. The molecule has 0 bridgehead atoms. The Balaban J connectivity index is 2.12. The van der Waals surface area contributed by atoms with Crippen LogP contribution in [0.4, 0.5) is 0 Å². The summed E-state index contributed by atoms with van der Waals surface area (Å²) in [4.78, 5) is 12.6. The van der Waals surface area contributed by atoms with Crippen molar-refractivity contribution in [1.82, 2.24) is 10.0 Å². The summed E-state index contributed by atoms with van der Waals surface area (Å²) in [5, 5.41) is 13.8. The zero-order valence-electron chi connectivity index (χ0n) is 20.9. The van der Waals surface area contributed by atoms with Crippen LogP contribution in [-0.4, -0.2) is 26.5 Å². The van der Waals surface area contributed by atoms with Crippen LogP contribution in [0.1, 0.15) is 75.8 Å². The smallest absolute Gasteiger partial charge is 0.220 e. The van der Waals surface area contributed by atoms with Gasteiger partial charge in [-0.3, -0.25) is 4.79 Å². The van der Waals surface area contributed by atoms with Gasteiger partial charge in [-0.05, 0) is 52.1 Å². The largest absolute Gasteiger partial charge is 0.507 e. The summed E-state index contributed by atoms with van der Waals surface area (Å²) in [6.45, 7) is 12.7. The molecule has 0 aliphatic rings. The monoisotopic (exact) mass is 474 g/mol. The zero-order valence-corrected chi connectivity index (χ0v) is 21.7. The number of aromatic hydroxyl groups is 1. The van der Waals surface area contributed by atoms with Gasteiger partial charge in [0.1, 0.15) is 5.75 Å². The molecule has 0 saturated carbocycles. The lowest BCUT2D eigenvalue weighted by Crippen LogP contribution is -2.25. The highest BCUT2D eigenvalue weighted by atomic mass is 32.2. The van der Waals surface area contributed by atoms with Crippen LogP contribution in [0.3, 0.4) is 0 Å². The number of phenolic OH excluding ortho intramolecular Hbond substituents is 1. The number of phenols is 1. The third-order valence-corrected chi connectivity index (χ3v) is 6.99. The Morgan fingerprint density at radius 2 is 1.45 bits per heavy atom. The van der Waals surface area contributed by atoms with Crippen LogP contribution >= 0.6 is 0 Å². The van der Waals surface area contributed by atoms with Crippen LogP contribution in [0.25, 0.3) is 0 Å². The molecule has 33 heavy (non-hydrogen) atoms. The molecule has 7 heteroatoms. The van der Waals surface area contributed by atoms with Crippen molar-refractivity contribution < 1.29 is 18.3 Å². The molecule has 6 nitrogen and oxygen atoms in total. The van der Waals surface area contributed by atoms with E-state index in [-0.39, 0.29) is 29.0 Å². The Hall–Kier alpha value is -2.38. The number of carbonyl (C=O) groups is 1. The van der Waals surface area contributed by atoms with Crippen molar-refractivity contribution in [3.8, 4) is 5.75 Å². The minimum absolute atomic E-state index is 0.107. The number of rotatable bonds is 8. The van der Waals surface area contributed by atoms with E-state index < -0.39 is 10.0 Å². The molecule has 0 unspecified atom stereocenters. The maximum atomic E-state index is 12.6. The van der Waals surface area contributed by atoms with Gasteiger partial charge in [-0.25, -0.2) is 13.1 Å². The predicted molar refractivity (Wildman–Crippen MR) is 134 cm³/mol. The van der Waals surface area contributed by atoms with E-state index in [1.54, 1.807) is 12.1 Å². The van der Waals surface area contributed by atoms with E-state index in [2.05, 4.69) is 51.6 Å². The first-order valence-corrected chi connectivity index (χ1v) is 12.9. The van der Waals surface area contributed by atoms with Crippen molar-refractivity contribution in [1.29, 1.82) is 0 Å². The molecule has 2 aromatic carbocycles. The fourth-order valence-corrected chi connectivity index (χ4v) is 4.51. The van der Waals surface area contributed by atoms with Gasteiger partial charge in [0.2, 0.25) is 15.9 Å². The van der Waals surface area contributed by atoms with Crippen molar-refractivity contribution in [3.63, 3.8) is 0 Å². The van der Waals surface area contributed by atoms with Gasteiger partial charge in [0, 0.05) is 13.0 Å². The summed E-state index contributed by atoms with van der Waals surface area (Å²) < 4.78 is 26.2. The summed E-state index contributed by atoms with van der Waals surface area (Å²) in [7, 11) is -2.01. The maximum Gasteiger partial charge on any atom is 0.220 e. The van der Waals surface area contributed by atoms with Gasteiger partial charge >= 0.3 is 0 Å². The van der Waals surface area contributed by atoms with Gasteiger partial charge in [-0.15, -0.1) is 0 Å². The van der Waals surface area contributed by atoms with Crippen molar-refractivity contribution in [3.05, 3.63) is 64.2 Å². The number of carbonyl (C=O) groups excluding carboxylic acids is 1. The molecule has 0 aliphatic carbocycles. The van der Waals surface area contributed by atoms with Gasteiger partial charge in [-0.1, -0.05) is 77.9 Å². The van der Waals surface area contributed by atoms with Gasteiger partial charge in [0.15, 0.2) is 0 Å². The van der Waals surface area contributed by atoms with E-state index in [1.807, 2.05) is 24.3 Å². The van der Waals surface area contributed by atoms with Gasteiger partial charge in [0.05, 0.1) is 5.75 Å². The molecule has 0 heterocycles. The van der Waals surface area contributed by atoms with Crippen molar-refractivity contribution >= 4 is 15.9 Å². The van der Waals surface area contributed by atoms with Gasteiger partial charge < -0.3 is 10.4 Å². The Morgan fingerprint density at radius 1 is 0.939 bits per heavy atom. The SMILES string of the molecule is CNS(=O)(=O)Cc1ccccc1CNC(=O)CCc1cc(C(C)(C)C)c(O)c(C(C)(C)C)c1. The number of aryl methyl sites for hydroxylation is 1. The molecule has 0 aromatic heterocycles. The maximum absolute atomic E-state index is 12.6. The third kappa shape index (κ3) is 7.57. The van der Waals surface area contributed by atoms with Crippen molar-refractivity contribution in [2.24, 2.45) is 0 Å². The van der Waals surface area contributed by atoms with Crippen LogP contribution in [0, 0.1) is 0 Å². The molecule has 182 valence electrons.